The Morgan fingerprint density at radius 3 is 2.61 bits per heavy atom. The third-order valence-corrected chi connectivity index (χ3v) is 6.19. The van der Waals surface area contributed by atoms with Gasteiger partial charge in [0, 0.05) is 40.5 Å². The maximum Gasteiger partial charge on any atom is 0.251 e. The van der Waals surface area contributed by atoms with Crippen molar-refractivity contribution in [2.75, 3.05) is 6.61 Å². The molecule has 182 valence electrons. The molecule has 2 aromatic carbocycles. The van der Waals surface area contributed by atoms with Gasteiger partial charge in [0.1, 0.15) is 5.69 Å². The minimum absolute atomic E-state index is 0.0155. The van der Waals surface area contributed by atoms with Gasteiger partial charge >= 0.3 is 0 Å². The molecule has 0 bridgehead atoms. The van der Waals surface area contributed by atoms with Crippen molar-refractivity contribution in [2.45, 2.75) is 26.0 Å². The summed E-state index contributed by atoms with van der Waals surface area (Å²) in [6.07, 6.45) is 3.43. The molecule has 0 aliphatic carbocycles. The number of aliphatic hydroxyl groups excluding tert-OH is 1. The van der Waals surface area contributed by atoms with Gasteiger partial charge in [0.2, 0.25) is 5.88 Å². The number of aromatic nitrogens is 4. The van der Waals surface area contributed by atoms with Crippen molar-refractivity contribution >= 4 is 22.5 Å². The van der Waals surface area contributed by atoms with Gasteiger partial charge in [0.05, 0.1) is 24.3 Å². The monoisotopic (exact) mass is 500 g/mol. The second-order valence-electron chi connectivity index (χ2n) is 8.80. The van der Waals surface area contributed by atoms with Crippen molar-refractivity contribution in [1.29, 1.82) is 0 Å². The molecule has 8 heteroatoms. The molecule has 0 aliphatic heterocycles. The molecular formula is C28H25ClN4O3. The summed E-state index contributed by atoms with van der Waals surface area (Å²) in [7, 11) is 0. The van der Waals surface area contributed by atoms with Crippen molar-refractivity contribution in [1.82, 2.24) is 19.7 Å². The van der Waals surface area contributed by atoms with E-state index >= 15 is 0 Å². The molecule has 3 heterocycles. The summed E-state index contributed by atoms with van der Waals surface area (Å²) in [5.74, 6) is 0.538. The van der Waals surface area contributed by atoms with Gasteiger partial charge in [-0.2, -0.15) is 5.10 Å². The van der Waals surface area contributed by atoms with Crippen LogP contribution in [0.5, 0.6) is 5.88 Å². The fraction of sp³-hybridized carbons (Fsp3) is 0.179. The van der Waals surface area contributed by atoms with E-state index in [2.05, 4.69) is 15.2 Å². The summed E-state index contributed by atoms with van der Waals surface area (Å²) in [5, 5.41) is 19.1. The Morgan fingerprint density at radius 1 is 1.03 bits per heavy atom. The molecule has 7 nitrogen and oxygen atoms in total. The normalized spacial score (nSPS) is 12.2. The number of hydrogen-bond acceptors (Lipinski definition) is 5. The first-order chi connectivity index (χ1) is 17.4. The van der Waals surface area contributed by atoms with Gasteiger partial charge in [0.15, 0.2) is 0 Å². The molecule has 0 spiro atoms. The highest BCUT2D eigenvalue weighted by Crippen LogP contribution is 2.31. The molecule has 1 atom stereocenters. The zero-order valence-corrected chi connectivity index (χ0v) is 20.6. The molecule has 2 N–H and O–H groups in total. The first-order valence-electron chi connectivity index (χ1n) is 11.6. The number of halogens is 1. The zero-order chi connectivity index (χ0) is 25.2. The van der Waals surface area contributed by atoms with Crippen LogP contribution in [-0.4, -0.2) is 37.6 Å². The third-order valence-electron chi connectivity index (χ3n) is 5.95. The van der Waals surface area contributed by atoms with E-state index in [1.54, 1.807) is 36.7 Å². The summed E-state index contributed by atoms with van der Waals surface area (Å²) in [6, 6.07) is 19.8. The van der Waals surface area contributed by atoms with Gasteiger partial charge in [-0.15, -0.1) is 0 Å². The van der Waals surface area contributed by atoms with E-state index in [9.17, 15) is 9.90 Å². The number of pyridine rings is 2. The van der Waals surface area contributed by atoms with Gasteiger partial charge < -0.3 is 14.4 Å². The summed E-state index contributed by atoms with van der Waals surface area (Å²) in [4.78, 5) is 17.4. The van der Waals surface area contributed by atoms with E-state index in [0.29, 0.717) is 10.9 Å². The predicted octanol–water partition coefficient (Wildman–Crippen LogP) is 5.48. The number of fused-ring (bicyclic) bond motifs is 1. The van der Waals surface area contributed by atoms with Crippen molar-refractivity contribution < 1.29 is 9.84 Å². The van der Waals surface area contributed by atoms with Crippen LogP contribution < -0.4 is 10.3 Å². The maximum absolute atomic E-state index is 13.1. The maximum atomic E-state index is 13.1. The van der Waals surface area contributed by atoms with E-state index in [-0.39, 0.29) is 18.3 Å². The van der Waals surface area contributed by atoms with Gasteiger partial charge in [-0.3, -0.25) is 9.89 Å². The molecule has 5 aromatic rings. The van der Waals surface area contributed by atoms with Crippen LogP contribution in [0, 0.1) is 0 Å². The van der Waals surface area contributed by atoms with Crippen molar-refractivity contribution in [3.8, 4) is 28.3 Å². The Labute approximate surface area is 213 Å². The number of aliphatic hydroxyl groups is 1. The number of benzene rings is 2. The second kappa shape index (κ2) is 9.97. The molecule has 0 aliphatic rings. The summed E-state index contributed by atoms with van der Waals surface area (Å²) < 4.78 is 7.26. The lowest BCUT2D eigenvalue weighted by atomic mass is 10.0. The van der Waals surface area contributed by atoms with Crippen LogP contribution in [0.4, 0.5) is 0 Å². The number of nitrogens with zero attached hydrogens (tertiary/aromatic N) is 3. The summed E-state index contributed by atoms with van der Waals surface area (Å²) >= 11 is 6.12. The number of nitrogens with one attached hydrogen (secondary N) is 1. The Bertz CT molecular complexity index is 1590. The first-order valence-corrected chi connectivity index (χ1v) is 12.0. The summed E-state index contributed by atoms with van der Waals surface area (Å²) in [5.41, 5.74) is 4.74. The molecule has 0 amide bonds. The molecular weight excluding hydrogens is 476 g/mol. The van der Waals surface area contributed by atoms with Crippen LogP contribution in [0.15, 0.2) is 83.9 Å². The SMILES string of the molecule is CC(C)Oc1cc(-c2n[nH]c3ccc(-c4ccn([C@H](CO)c5cccc(Cl)c5)c(=O)c4)cc23)ccn1. The second-order valence-corrected chi connectivity index (χ2v) is 9.23. The Kier molecular flexibility index (Phi) is 6.59. The van der Waals surface area contributed by atoms with E-state index < -0.39 is 6.04 Å². The fourth-order valence-corrected chi connectivity index (χ4v) is 4.47. The molecule has 0 saturated heterocycles. The fourth-order valence-electron chi connectivity index (χ4n) is 4.27. The van der Waals surface area contributed by atoms with E-state index in [4.69, 9.17) is 16.3 Å². The smallest absolute Gasteiger partial charge is 0.251 e. The molecule has 0 fully saturated rings. The molecule has 0 radical (unpaired) electrons. The highest BCUT2D eigenvalue weighted by Gasteiger charge is 2.16. The average Bonchev–Trinajstić information content (AvgIpc) is 3.29. The standard InChI is InChI=1S/C28H25ClN4O3/c1-17(2)36-26-14-21(8-10-30-26)28-23-13-18(6-7-24(23)31-32-28)19-9-11-33(27(35)15-19)25(16-34)20-4-3-5-22(29)12-20/h3-15,17,25,34H,16H2,1-2H3,(H,31,32)/t25-/m1/s1. The third kappa shape index (κ3) is 4.76. The van der Waals surface area contributed by atoms with Gasteiger partial charge in [0.25, 0.3) is 5.56 Å². The van der Waals surface area contributed by atoms with Gasteiger partial charge in [-0.1, -0.05) is 29.8 Å². The van der Waals surface area contributed by atoms with Gasteiger partial charge in [-0.05, 0) is 66.9 Å². The largest absolute Gasteiger partial charge is 0.475 e. The molecule has 0 unspecified atom stereocenters. The Hall–Kier alpha value is -3.94. The van der Waals surface area contributed by atoms with Crippen LogP contribution in [0.3, 0.4) is 0 Å². The highest BCUT2D eigenvalue weighted by molar-refractivity contribution is 6.30. The minimum atomic E-state index is -0.526. The number of hydrogen-bond donors (Lipinski definition) is 2. The number of H-pyrrole nitrogens is 1. The quantitative estimate of drug-likeness (QED) is 0.309. The lowest BCUT2D eigenvalue weighted by molar-refractivity contribution is 0.233. The topological polar surface area (TPSA) is 93.0 Å². The van der Waals surface area contributed by atoms with E-state index in [1.165, 1.54) is 4.57 Å². The van der Waals surface area contributed by atoms with Crippen LogP contribution in [-0.2, 0) is 0 Å². The zero-order valence-electron chi connectivity index (χ0n) is 19.9. The van der Waals surface area contributed by atoms with Crippen LogP contribution in [0.1, 0.15) is 25.5 Å². The Balaban J connectivity index is 1.51. The Morgan fingerprint density at radius 2 is 1.86 bits per heavy atom. The van der Waals surface area contributed by atoms with Crippen molar-refractivity contribution in [3.63, 3.8) is 0 Å². The van der Waals surface area contributed by atoms with Crippen LogP contribution >= 0.6 is 11.6 Å². The molecule has 36 heavy (non-hydrogen) atoms. The highest BCUT2D eigenvalue weighted by atomic mass is 35.5. The summed E-state index contributed by atoms with van der Waals surface area (Å²) in [6.45, 7) is 3.69. The van der Waals surface area contributed by atoms with E-state index in [0.717, 1.165) is 38.9 Å². The predicted molar refractivity (Wildman–Crippen MR) is 141 cm³/mol. The minimum Gasteiger partial charge on any atom is -0.475 e. The lowest BCUT2D eigenvalue weighted by Crippen LogP contribution is -2.26. The molecule has 3 aromatic heterocycles. The van der Waals surface area contributed by atoms with Crippen molar-refractivity contribution in [2.24, 2.45) is 0 Å². The first kappa shape index (κ1) is 23.8. The number of ether oxygens (including phenoxy) is 1. The van der Waals surface area contributed by atoms with E-state index in [1.807, 2.05) is 56.3 Å². The molecule has 5 rings (SSSR count). The van der Waals surface area contributed by atoms with Crippen LogP contribution in [0.2, 0.25) is 5.02 Å². The van der Waals surface area contributed by atoms with Crippen molar-refractivity contribution in [3.05, 3.63) is 100 Å². The number of rotatable bonds is 7. The average molecular weight is 501 g/mol. The lowest BCUT2D eigenvalue weighted by Gasteiger charge is -2.18. The number of aromatic amines is 1. The molecule has 0 saturated carbocycles. The van der Waals surface area contributed by atoms with Gasteiger partial charge in [-0.25, -0.2) is 4.98 Å². The van der Waals surface area contributed by atoms with Crippen LogP contribution in [0.25, 0.3) is 33.3 Å².